The van der Waals surface area contributed by atoms with Gasteiger partial charge in [-0.15, -0.1) is 0 Å². The maximum absolute atomic E-state index is 11.9. The smallest absolute Gasteiger partial charge is 0.419 e. The standard InChI is InChI=1S/C19H17ClN2O5/c1-12-13(20)5-4-6-14(12)21-17(23)11-26-18(24)9-10-22-15-7-2-3-8-16(15)27-19(22)25/h2-8H,9-11H2,1H3,(H,21,23). The summed E-state index contributed by atoms with van der Waals surface area (Å²) in [5.74, 6) is -1.61. The van der Waals surface area contributed by atoms with Crippen LogP contribution in [0.1, 0.15) is 12.0 Å². The number of anilines is 1. The lowest BCUT2D eigenvalue weighted by Gasteiger charge is -2.10. The number of nitrogens with one attached hydrogen (secondary N) is 1. The average Bonchev–Trinajstić information content (AvgIpc) is 2.97. The molecule has 1 heterocycles. The Bertz CT molecular complexity index is 1050. The molecule has 0 unspecified atom stereocenters. The first-order chi connectivity index (χ1) is 13.0. The van der Waals surface area contributed by atoms with Gasteiger partial charge in [-0.1, -0.05) is 29.8 Å². The van der Waals surface area contributed by atoms with Crippen LogP contribution < -0.4 is 11.1 Å². The summed E-state index contributed by atoms with van der Waals surface area (Å²) in [5, 5.41) is 3.17. The van der Waals surface area contributed by atoms with E-state index in [0.29, 0.717) is 21.8 Å². The van der Waals surface area contributed by atoms with Gasteiger partial charge in [-0.3, -0.25) is 14.2 Å². The van der Waals surface area contributed by atoms with Crippen molar-refractivity contribution in [2.24, 2.45) is 0 Å². The highest BCUT2D eigenvalue weighted by molar-refractivity contribution is 6.31. The Morgan fingerprint density at radius 2 is 1.96 bits per heavy atom. The number of halogens is 1. The number of esters is 1. The van der Waals surface area contributed by atoms with Crippen LogP contribution in [0.2, 0.25) is 5.02 Å². The maximum Gasteiger partial charge on any atom is 0.419 e. The number of rotatable bonds is 6. The monoisotopic (exact) mass is 388 g/mol. The molecule has 0 fully saturated rings. The van der Waals surface area contributed by atoms with E-state index in [4.69, 9.17) is 20.8 Å². The van der Waals surface area contributed by atoms with Gasteiger partial charge in [0.05, 0.1) is 11.9 Å². The van der Waals surface area contributed by atoms with Crippen LogP contribution in [-0.4, -0.2) is 23.1 Å². The molecule has 1 N–H and O–H groups in total. The van der Waals surface area contributed by atoms with Gasteiger partial charge >= 0.3 is 11.7 Å². The minimum absolute atomic E-state index is 0.0626. The summed E-state index contributed by atoms with van der Waals surface area (Å²) in [6, 6.07) is 12.1. The van der Waals surface area contributed by atoms with Crippen molar-refractivity contribution in [1.82, 2.24) is 4.57 Å². The van der Waals surface area contributed by atoms with E-state index in [1.807, 2.05) is 0 Å². The molecule has 0 atom stereocenters. The van der Waals surface area contributed by atoms with E-state index in [9.17, 15) is 14.4 Å². The Hall–Kier alpha value is -3.06. The summed E-state index contributed by atoms with van der Waals surface area (Å²) < 4.78 is 11.4. The molecule has 8 heteroatoms. The summed E-state index contributed by atoms with van der Waals surface area (Å²) in [6.07, 6.45) is -0.0626. The Kier molecular flexibility index (Phi) is 5.61. The molecule has 0 aliphatic rings. The van der Waals surface area contributed by atoms with Crippen molar-refractivity contribution in [2.75, 3.05) is 11.9 Å². The number of oxazole rings is 1. The van der Waals surface area contributed by atoms with Gasteiger partial charge in [0, 0.05) is 17.3 Å². The van der Waals surface area contributed by atoms with Gasteiger partial charge in [0.15, 0.2) is 12.2 Å². The number of ether oxygens (including phenoxy) is 1. The molecule has 140 valence electrons. The number of hydrogen-bond donors (Lipinski definition) is 1. The predicted octanol–water partition coefficient (Wildman–Crippen LogP) is 3.13. The molecule has 0 saturated carbocycles. The zero-order valence-corrected chi connectivity index (χ0v) is 15.3. The third-order valence-electron chi connectivity index (χ3n) is 4.02. The SMILES string of the molecule is Cc1c(Cl)cccc1NC(=O)COC(=O)CCn1c(=O)oc2ccccc21. The Morgan fingerprint density at radius 1 is 1.19 bits per heavy atom. The van der Waals surface area contributed by atoms with Crippen molar-refractivity contribution in [3.05, 3.63) is 63.6 Å². The van der Waals surface area contributed by atoms with Crippen LogP contribution >= 0.6 is 11.6 Å². The van der Waals surface area contributed by atoms with E-state index in [1.54, 1.807) is 49.4 Å². The lowest BCUT2D eigenvalue weighted by Crippen LogP contribution is -2.23. The van der Waals surface area contributed by atoms with Crippen LogP contribution in [-0.2, 0) is 20.9 Å². The minimum Gasteiger partial charge on any atom is -0.456 e. The fourth-order valence-corrected chi connectivity index (χ4v) is 2.75. The van der Waals surface area contributed by atoms with Crippen LogP contribution in [0.4, 0.5) is 5.69 Å². The van der Waals surface area contributed by atoms with Gasteiger partial charge in [-0.25, -0.2) is 4.79 Å². The molecule has 0 bridgehead atoms. The first-order valence-corrected chi connectivity index (χ1v) is 8.62. The van der Waals surface area contributed by atoms with Crippen molar-refractivity contribution >= 4 is 40.3 Å². The van der Waals surface area contributed by atoms with E-state index < -0.39 is 24.2 Å². The van der Waals surface area contributed by atoms with Crippen LogP contribution in [0.25, 0.3) is 11.1 Å². The molecule has 2 aromatic carbocycles. The van der Waals surface area contributed by atoms with E-state index >= 15 is 0 Å². The maximum atomic E-state index is 11.9. The second-order valence-electron chi connectivity index (χ2n) is 5.86. The number of carbonyl (C=O) groups excluding carboxylic acids is 2. The number of nitrogens with zero attached hydrogens (tertiary/aromatic N) is 1. The summed E-state index contributed by atoms with van der Waals surface area (Å²) in [5.41, 5.74) is 2.33. The van der Waals surface area contributed by atoms with E-state index in [1.165, 1.54) is 4.57 Å². The quantitative estimate of drug-likeness (QED) is 0.655. The number of aryl methyl sites for hydroxylation is 1. The van der Waals surface area contributed by atoms with E-state index in [2.05, 4.69) is 5.32 Å². The van der Waals surface area contributed by atoms with Gasteiger partial charge in [0.1, 0.15) is 0 Å². The molecule has 3 rings (SSSR count). The third-order valence-corrected chi connectivity index (χ3v) is 4.43. The van der Waals surface area contributed by atoms with E-state index in [-0.39, 0.29) is 13.0 Å². The minimum atomic E-state index is -0.592. The van der Waals surface area contributed by atoms with Gasteiger partial charge in [0.2, 0.25) is 0 Å². The topological polar surface area (TPSA) is 90.5 Å². The first-order valence-electron chi connectivity index (χ1n) is 8.24. The molecule has 0 radical (unpaired) electrons. The van der Waals surface area contributed by atoms with Crippen molar-refractivity contribution in [3.63, 3.8) is 0 Å². The summed E-state index contributed by atoms with van der Waals surface area (Å²) in [7, 11) is 0. The van der Waals surface area contributed by atoms with E-state index in [0.717, 1.165) is 5.56 Å². The Labute approximate surface area is 159 Å². The average molecular weight is 389 g/mol. The molecule has 0 aliphatic heterocycles. The second-order valence-corrected chi connectivity index (χ2v) is 6.27. The number of aromatic nitrogens is 1. The fraction of sp³-hybridized carbons (Fsp3) is 0.211. The predicted molar refractivity (Wildman–Crippen MR) is 101 cm³/mol. The number of benzene rings is 2. The second kappa shape index (κ2) is 8.09. The number of carbonyl (C=O) groups is 2. The normalized spacial score (nSPS) is 10.7. The Balaban J connectivity index is 1.52. The summed E-state index contributed by atoms with van der Waals surface area (Å²) in [4.78, 5) is 35.7. The summed E-state index contributed by atoms with van der Waals surface area (Å²) in [6.45, 7) is 1.45. The molecule has 7 nitrogen and oxygen atoms in total. The van der Waals surface area contributed by atoms with Crippen LogP contribution in [0.5, 0.6) is 0 Å². The summed E-state index contributed by atoms with van der Waals surface area (Å²) >= 11 is 6.00. The number of fused-ring (bicyclic) bond motifs is 1. The van der Waals surface area contributed by atoms with Gasteiger partial charge in [-0.2, -0.15) is 0 Å². The Morgan fingerprint density at radius 3 is 2.78 bits per heavy atom. The van der Waals surface area contributed by atoms with Gasteiger partial charge in [0.25, 0.3) is 5.91 Å². The lowest BCUT2D eigenvalue weighted by atomic mass is 10.2. The van der Waals surface area contributed by atoms with Crippen molar-refractivity contribution < 1.29 is 18.7 Å². The fourth-order valence-electron chi connectivity index (χ4n) is 2.58. The molecule has 3 aromatic rings. The molecular formula is C19H17ClN2O5. The molecule has 0 saturated heterocycles. The number of amides is 1. The highest BCUT2D eigenvalue weighted by Crippen LogP contribution is 2.22. The zero-order valence-electron chi connectivity index (χ0n) is 14.5. The lowest BCUT2D eigenvalue weighted by molar-refractivity contribution is -0.147. The molecule has 0 spiro atoms. The van der Waals surface area contributed by atoms with Gasteiger partial charge < -0.3 is 14.5 Å². The third kappa shape index (κ3) is 4.38. The molecule has 1 amide bonds. The molecular weight excluding hydrogens is 372 g/mol. The van der Waals surface area contributed by atoms with Crippen molar-refractivity contribution in [3.8, 4) is 0 Å². The van der Waals surface area contributed by atoms with Gasteiger partial charge in [-0.05, 0) is 36.8 Å². The number of para-hydroxylation sites is 2. The van der Waals surface area contributed by atoms with Crippen LogP contribution in [0, 0.1) is 6.92 Å². The molecule has 27 heavy (non-hydrogen) atoms. The zero-order chi connectivity index (χ0) is 19.4. The van der Waals surface area contributed by atoms with Crippen LogP contribution in [0.15, 0.2) is 51.7 Å². The van der Waals surface area contributed by atoms with Crippen LogP contribution in [0.3, 0.4) is 0 Å². The molecule has 0 aliphatic carbocycles. The number of hydrogen-bond acceptors (Lipinski definition) is 5. The first kappa shape index (κ1) is 18.7. The highest BCUT2D eigenvalue weighted by atomic mass is 35.5. The molecule has 1 aromatic heterocycles. The highest BCUT2D eigenvalue weighted by Gasteiger charge is 2.13. The van der Waals surface area contributed by atoms with Crippen molar-refractivity contribution in [1.29, 1.82) is 0 Å². The van der Waals surface area contributed by atoms with Crippen molar-refractivity contribution in [2.45, 2.75) is 19.9 Å². The largest absolute Gasteiger partial charge is 0.456 e.